The molecule has 1 aliphatic rings. The van der Waals surface area contributed by atoms with Crippen molar-refractivity contribution in [1.82, 2.24) is 4.90 Å². The van der Waals surface area contributed by atoms with E-state index in [4.69, 9.17) is 4.74 Å². The number of carbonyl (C=O) groups excluding carboxylic acids is 1. The van der Waals surface area contributed by atoms with Crippen LogP contribution in [0.3, 0.4) is 0 Å². The zero-order valence-corrected chi connectivity index (χ0v) is 17.1. The Hall–Kier alpha value is -0.570. The van der Waals surface area contributed by atoms with Gasteiger partial charge in [-0.15, -0.1) is 0 Å². The van der Waals surface area contributed by atoms with Crippen LogP contribution in [0.2, 0.25) is 0 Å². The SMILES string of the molecule is CC(C)(C)OCCCCCCCC(=O)N1CCC(C(C)(C)C)CC1. The van der Waals surface area contributed by atoms with E-state index in [0.717, 1.165) is 44.9 Å². The van der Waals surface area contributed by atoms with Gasteiger partial charge in [-0.2, -0.15) is 0 Å². The maximum atomic E-state index is 12.3. The lowest BCUT2D eigenvalue weighted by molar-refractivity contribution is -0.133. The summed E-state index contributed by atoms with van der Waals surface area (Å²) in [6, 6.07) is 0. The highest BCUT2D eigenvalue weighted by Gasteiger charge is 2.30. The summed E-state index contributed by atoms with van der Waals surface area (Å²) in [5.41, 5.74) is 0.360. The van der Waals surface area contributed by atoms with Crippen LogP contribution < -0.4 is 0 Å². The van der Waals surface area contributed by atoms with Crippen molar-refractivity contribution in [3.05, 3.63) is 0 Å². The maximum absolute atomic E-state index is 12.3. The molecule has 0 aromatic heterocycles. The van der Waals surface area contributed by atoms with E-state index < -0.39 is 0 Å². The highest BCUT2D eigenvalue weighted by Crippen LogP contribution is 2.34. The molecule has 1 amide bonds. The third-order valence-electron chi connectivity index (χ3n) is 5.14. The van der Waals surface area contributed by atoms with Crippen molar-refractivity contribution in [1.29, 1.82) is 0 Å². The van der Waals surface area contributed by atoms with Crippen molar-refractivity contribution in [2.75, 3.05) is 19.7 Å². The van der Waals surface area contributed by atoms with Crippen LogP contribution in [0.15, 0.2) is 0 Å². The van der Waals surface area contributed by atoms with E-state index in [0.29, 0.717) is 11.3 Å². The van der Waals surface area contributed by atoms with Crippen LogP contribution in [-0.2, 0) is 9.53 Å². The lowest BCUT2D eigenvalue weighted by Crippen LogP contribution is -2.41. The van der Waals surface area contributed by atoms with Crippen LogP contribution in [0.25, 0.3) is 0 Å². The minimum Gasteiger partial charge on any atom is -0.376 e. The number of ether oxygens (including phenoxy) is 1. The van der Waals surface area contributed by atoms with E-state index in [-0.39, 0.29) is 5.60 Å². The summed E-state index contributed by atoms with van der Waals surface area (Å²) in [6.07, 6.45) is 8.84. The van der Waals surface area contributed by atoms with Gasteiger partial charge in [-0.05, 0) is 57.8 Å². The number of likely N-dealkylation sites (tertiary alicyclic amines) is 1. The van der Waals surface area contributed by atoms with Gasteiger partial charge in [-0.3, -0.25) is 4.79 Å². The van der Waals surface area contributed by atoms with Crippen molar-refractivity contribution >= 4 is 5.91 Å². The number of rotatable bonds is 8. The van der Waals surface area contributed by atoms with Crippen molar-refractivity contribution in [2.24, 2.45) is 11.3 Å². The van der Waals surface area contributed by atoms with Gasteiger partial charge < -0.3 is 9.64 Å². The average molecular weight is 340 g/mol. The first kappa shape index (κ1) is 21.5. The second-order valence-corrected chi connectivity index (χ2v) is 9.50. The summed E-state index contributed by atoms with van der Waals surface area (Å²) in [4.78, 5) is 14.4. The number of carbonyl (C=O) groups is 1. The lowest BCUT2D eigenvalue weighted by Gasteiger charge is -2.38. The Labute approximate surface area is 150 Å². The molecule has 142 valence electrons. The molecule has 0 N–H and O–H groups in total. The molecule has 24 heavy (non-hydrogen) atoms. The fraction of sp³-hybridized carbons (Fsp3) is 0.952. The molecule has 3 nitrogen and oxygen atoms in total. The number of hydrogen-bond donors (Lipinski definition) is 0. The molecule has 0 atom stereocenters. The van der Waals surface area contributed by atoms with E-state index >= 15 is 0 Å². The zero-order valence-electron chi connectivity index (χ0n) is 17.1. The van der Waals surface area contributed by atoms with Gasteiger partial charge in [0.25, 0.3) is 0 Å². The predicted octanol–water partition coefficient (Wildman–Crippen LogP) is 5.43. The second-order valence-electron chi connectivity index (χ2n) is 9.50. The first-order chi connectivity index (χ1) is 11.1. The standard InChI is InChI=1S/C21H41NO2/c1-20(2,3)18-13-15-22(16-14-18)19(23)12-10-8-7-9-11-17-24-21(4,5)6/h18H,7-17H2,1-6H3. The molecule has 1 saturated heterocycles. The molecular weight excluding hydrogens is 298 g/mol. The number of amides is 1. The molecule has 0 saturated carbocycles. The Morgan fingerprint density at radius 2 is 1.46 bits per heavy atom. The van der Waals surface area contributed by atoms with Gasteiger partial charge in [-0.1, -0.05) is 40.0 Å². The van der Waals surface area contributed by atoms with E-state index in [2.05, 4.69) is 46.4 Å². The average Bonchev–Trinajstić information content (AvgIpc) is 2.48. The molecule has 0 spiro atoms. The monoisotopic (exact) mass is 339 g/mol. The molecule has 1 rings (SSSR count). The topological polar surface area (TPSA) is 29.5 Å². The Bertz CT molecular complexity index is 357. The first-order valence-corrected chi connectivity index (χ1v) is 10.0. The molecule has 0 radical (unpaired) electrons. The number of nitrogens with zero attached hydrogens (tertiary/aromatic N) is 1. The lowest BCUT2D eigenvalue weighted by atomic mass is 9.75. The Balaban J connectivity index is 2.03. The molecule has 0 aromatic carbocycles. The minimum atomic E-state index is -0.0210. The van der Waals surface area contributed by atoms with Crippen molar-refractivity contribution in [3.8, 4) is 0 Å². The van der Waals surface area contributed by atoms with Gasteiger partial charge in [0.2, 0.25) is 5.91 Å². The Kier molecular flexibility index (Phi) is 8.76. The summed E-state index contributed by atoms with van der Waals surface area (Å²) in [5.74, 6) is 1.13. The van der Waals surface area contributed by atoms with Gasteiger partial charge in [0.1, 0.15) is 0 Å². The predicted molar refractivity (Wildman–Crippen MR) is 102 cm³/mol. The molecular formula is C21H41NO2. The molecule has 1 aliphatic heterocycles. The molecule has 3 heteroatoms. The first-order valence-electron chi connectivity index (χ1n) is 10.0. The molecule has 0 aromatic rings. The quantitative estimate of drug-likeness (QED) is 0.552. The van der Waals surface area contributed by atoms with Crippen molar-refractivity contribution in [3.63, 3.8) is 0 Å². The number of piperidine rings is 1. The van der Waals surface area contributed by atoms with Crippen LogP contribution in [0, 0.1) is 11.3 Å². The summed E-state index contributed by atoms with van der Waals surface area (Å²) >= 11 is 0. The van der Waals surface area contributed by atoms with Crippen molar-refractivity contribution < 1.29 is 9.53 Å². The normalized spacial score (nSPS) is 17.3. The Morgan fingerprint density at radius 3 is 2.00 bits per heavy atom. The number of hydrogen-bond acceptors (Lipinski definition) is 2. The highest BCUT2D eigenvalue weighted by atomic mass is 16.5. The smallest absolute Gasteiger partial charge is 0.222 e. The van der Waals surface area contributed by atoms with Crippen LogP contribution in [0.5, 0.6) is 0 Å². The van der Waals surface area contributed by atoms with Crippen molar-refractivity contribution in [2.45, 2.75) is 98.5 Å². The highest BCUT2D eigenvalue weighted by molar-refractivity contribution is 5.76. The second kappa shape index (κ2) is 9.79. The minimum absolute atomic E-state index is 0.0210. The third-order valence-corrected chi connectivity index (χ3v) is 5.14. The molecule has 0 aliphatic carbocycles. The van der Waals surface area contributed by atoms with Gasteiger partial charge in [0.15, 0.2) is 0 Å². The van der Waals surface area contributed by atoms with Gasteiger partial charge in [0, 0.05) is 26.1 Å². The summed E-state index contributed by atoms with van der Waals surface area (Å²) in [6.45, 7) is 16.0. The summed E-state index contributed by atoms with van der Waals surface area (Å²) < 4.78 is 5.73. The van der Waals surface area contributed by atoms with Gasteiger partial charge in [0.05, 0.1) is 5.60 Å². The zero-order chi connectivity index (χ0) is 18.2. The number of unbranched alkanes of at least 4 members (excludes halogenated alkanes) is 4. The van der Waals surface area contributed by atoms with Crippen LogP contribution in [0.4, 0.5) is 0 Å². The van der Waals surface area contributed by atoms with E-state index in [1.54, 1.807) is 0 Å². The molecule has 0 unspecified atom stereocenters. The Morgan fingerprint density at radius 1 is 0.917 bits per heavy atom. The fourth-order valence-corrected chi connectivity index (χ4v) is 3.44. The summed E-state index contributed by atoms with van der Waals surface area (Å²) in [7, 11) is 0. The molecule has 0 bridgehead atoms. The largest absolute Gasteiger partial charge is 0.376 e. The molecule has 1 heterocycles. The molecule has 1 fully saturated rings. The maximum Gasteiger partial charge on any atom is 0.222 e. The van der Waals surface area contributed by atoms with E-state index in [1.165, 1.54) is 32.1 Å². The summed E-state index contributed by atoms with van der Waals surface area (Å²) in [5, 5.41) is 0. The van der Waals surface area contributed by atoms with Gasteiger partial charge in [-0.25, -0.2) is 0 Å². The van der Waals surface area contributed by atoms with Crippen LogP contribution in [0.1, 0.15) is 92.9 Å². The van der Waals surface area contributed by atoms with Crippen LogP contribution in [-0.4, -0.2) is 36.1 Å². The van der Waals surface area contributed by atoms with E-state index in [1.807, 2.05) is 0 Å². The third kappa shape index (κ3) is 9.05. The van der Waals surface area contributed by atoms with E-state index in [9.17, 15) is 4.79 Å². The van der Waals surface area contributed by atoms with Gasteiger partial charge >= 0.3 is 0 Å². The van der Waals surface area contributed by atoms with Crippen LogP contribution >= 0.6 is 0 Å². The fourth-order valence-electron chi connectivity index (χ4n) is 3.44.